The summed E-state index contributed by atoms with van der Waals surface area (Å²) in [5.41, 5.74) is -0.740. The van der Waals surface area contributed by atoms with Gasteiger partial charge in [-0.1, -0.05) is 16.8 Å². The van der Waals surface area contributed by atoms with Crippen LogP contribution in [0.5, 0.6) is 0 Å². The molecule has 0 aliphatic carbocycles. The molecule has 0 fully saturated rings. The fourth-order valence-electron chi connectivity index (χ4n) is 1.53. The number of aromatic nitrogens is 3. The van der Waals surface area contributed by atoms with Crippen LogP contribution < -0.4 is 0 Å². The quantitative estimate of drug-likeness (QED) is 0.946. The zero-order valence-corrected chi connectivity index (χ0v) is 10.5. The number of nitrogens with zero attached hydrogens (tertiary/aromatic N) is 3. The van der Waals surface area contributed by atoms with Crippen LogP contribution in [0.1, 0.15) is 11.3 Å². The molecular formula is C11H7ClF3N3O2. The smallest absolute Gasteiger partial charge is 0.416 e. The van der Waals surface area contributed by atoms with Crippen LogP contribution in [0.4, 0.5) is 13.2 Å². The Balaban J connectivity index is 2.40. The molecule has 1 aromatic heterocycles. The normalized spacial score (nSPS) is 11.6. The van der Waals surface area contributed by atoms with Crippen LogP contribution >= 0.6 is 11.6 Å². The molecule has 1 N–H and O–H groups in total. The second-order valence-corrected chi connectivity index (χ2v) is 4.36. The number of halogens is 4. The lowest BCUT2D eigenvalue weighted by molar-refractivity contribution is -0.138. The lowest BCUT2D eigenvalue weighted by Gasteiger charge is -2.09. The third kappa shape index (κ3) is 3.27. The largest absolute Gasteiger partial charge is 0.481 e. The summed E-state index contributed by atoms with van der Waals surface area (Å²) in [6.45, 7) is 0. The topological polar surface area (TPSA) is 68.0 Å². The van der Waals surface area contributed by atoms with Crippen molar-refractivity contribution >= 4 is 17.6 Å². The van der Waals surface area contributed by atoms with Crippen LogP contribution in [0.2, 0.25) is 5.02 Å². The van der Waals surface area contributed by atoms with Gasteiger partial charge in [0.2, 0.25) is 0 Å². The van der Waals surface area contributed by atoms with Crippen LogP contribution in [-0.2, 0) is 17.4 Å². The molecule has 106 valence electrons. The summed E-state index contributed by atoms with van der Waals surface area (Å²) in [7, 11) is 0. The first-order valence-corrected chi connectivity index (χ1v) is 5.64. The van der Waals surface area contributed by atoms with Gasteiger partial charge in [0.1, 0.15) is 0 Å². The molecular weight excluding hydrogens is 299 g/mol. The molecule has 1 aromatic carbocycles. The molecule has 9 heteroatoms. The van der Waals surface area contributed by atoms with Gasteiger partial charge in [-0.2, -0.15) is 13.2 Å². The molecule has 0 saturated carbocycles. The third-order valence-electron chi connectivity index (χ3n) is 2.35. The maximum Gasteiger partial charge on any atom is 0.416 e. The minimum Gasteiger partial charge on any atom is -0.481 e. The van der Waals surface area contributed by atoms with Crippen LogP contribution in [0.25, 0.3) is 5.69 Å². The molecule has 0 radical (unpaired) electrons. The molecule has 2 aromatic rings. The Morgan fingerprint density at radius 1 is 1.35 bits per heavy atom. The number of hydrogen-bond acceptors (Lipinski definition) is 3. The van der Waals surface area contributed by atoms with Crippen LogP contribution in [0.15, 0.2) is 24.4 Å². The summed E-state index contributed by atoms with van der Waals surface area (Å²) >= 11 is 5.64. The van der Waals surface area contributed by atoms with Crippen LogP contribution in [0, 0.1) is 0 Å². The van der Waals surface area contributed by atoms with Gasteiger partial charge in [-0.3, -0.25) is 4.79 Å². The zero-order chi connectivity index (χ0) is 14.9. The number of carboxylic acid groups (broad SMARTS) is 1. The summed E-state index contributed by atoms with van der Waals surface area (Å²) in [6, 6.07) is 2.92. The fraction of sp³-hybridized carbons (Fsp3) is 0.182. The van der Waals surface area contributed by atoms with E-state index in [1.807, 2.05) is 0 Å². The number of benzene rings is 1. The minimum absolute atomic E-state index is 0.0500. The Hall–Kier alpha value is -2.09. The Morgan fingerprint density at radius 2 is 2.05 bits per heavy atom. The van der Waals surface area contributed by atoms with E-state index < -0.39 is 17.7 Å². The number of hydrogen-bond donors (Lipinski definition) is 1. The van der Waals surface area contributed by atoms with Crippen molar-refractivity contribution in [1.29, 1.82) is 0 Å². The van der Waals surface area contributed by atoms with E-state index in [0.717, 1.165) is 16.8 Å². The standard InChI is InChI=1S/C11H7ClF3N3O2/c12-7-1-6(11(13,14)15)2-9(3-7)18-5-8(16-17-18)4-10(19)20/h1-3,5H,4H2,(H,19,20). The molecule has 0 unspecified atom stereocenters. The predicted molar refractivity (Wildman–Crippen MR) is 62.7 cm³/mol. The summed E-state index contributed by atoms with van der Waals surface area (Å²) in [6.07, 6.45) is -3.67. The highest BCUT2D eigenvalue weighted by molar-refractivity contribution is 6.30. The van der Waals surface area contributed by atoms with Crippen molar-refractivity contribution in [2.45, 2.75) is 12.6 Å². The molecule has 0 aliphatic heterocycles. The lowest BCUT2D eigenvalue weighted by Crippen LogP contribution is -2.06. The van der Waals surface area contributed by atoms with Crippen molar-refractivity contribution in [3.05, 3.63) is 40.7 Å². The molecule has 0 amide bonds. The third-order valence-corrected chi connectivity index (χ3v) is 2.57. The number of alkyl halides is 3. The minimum atomic E-state index is -4.54. The highest BCUT2D eigenvalue weighted by Crippen LogP contribution is 2.32. The average molecular weight is 306 g/mol. The van der Waals surface area contributed by atoms with Gasteiger partial charge in [-0.05, 0) is 18.2 Å². The van der Waals surface area contributed by atoms with Gasteiger partial charge in [-0.15, -0.1) is 5.10 Å². The maximum absolute atomic E-state index is 12.7. The Bertz CT molecular complexity index is 655. The summed E-state index contributed by atoms with van der Waals surface area (Å²) in [5.74, 6) is -1.11. The SMILES string of the molecule is O=C(O)Cc1cn(-c2cc(Cl)cc(C(F)(F)F)c2)nn1. The maximum atomic E-state index is 12.7. The van der Waals surface area contributed by atoms with E-state index in [2.05, 4.69) is 10.3 Å². The zero-order valence-electron chi connectivity index (χ0n) is 9.73. The van der Waals surface area contributed by atoms with Gasteiger partial charge in [0.25, 0.3) is 0 Å². The van der Waals surface area contributed by atoms with Gasteiger partial charge in [0.05, 0.1) is 29.6 Å². The van der Waals surface area contributed by atoms with Crippen molar-refractivity contribution < 1.29 is 23.1 Å². The van der Waals surface area contributed by atoms with Gasteiger partial charge in [0, 0.05) is 5.02 Å². The molecule has 20 heavy (non-hydrogen) atoms. The van der Waals surface area contributed by atoms with Gasteiger partial charge in [0.15, 0.2) is 0 Å². The molecule has 0 atom stereocenters. The van der Waals surface area contributed by atoms with Crippen LogP contribution in [-0.4, -0.2) is 26.1 Å². The van der Waals surface area contributed by atoms with Crippen molar-refractivity contribution in [2.24, 2.45) is 0 Å². The van der Waals surface area contributed by atoms with E-state index in [-0.39, 0.29) is 22.8 Å². The second-order valence-electron chi connectivity index (χ2n) is 3.92. The predicted octanol–water partition coefficient (Wildman–Crippen LogP) is 2.57. The molecule has 0 bridgehead atoms. The number of rotatable bonds is 3. The summed E-state index contributed by atoms with van der Waals surface area (Å²) < 4.78 is 39.0. The van der Waals surface area contributed by atoms with Gasteiger partial charge >= 0.3 is 12.1 Å². The molecule has 5 nitrogen and oxygen atoms in total. The first-order valence-electron chi connectivity index (χ1n) is 5.27. The average Bonchev–Trinajstić information content (AvgIpc) is 2.74. The van der Waals surface area contributed by atoms with E-state index in [0.29, 0.717) is 0 Å². The van der Waals surface area contributed by atoms with E-state index >= 15 is 0 Å². The first-order chi connectivity index (χ1) is 9.25. The van der Waals surface area contributed by atoms with Gasteiger partial charge in [-0.25, -0.2) is 4.68 Å². The van der Waals surface area contributed by atoms with Crippen LogP contribution in [0.3, 0.4) is 0 Å². The van der Waals surface area contributed by atoms with Gasteiger partial charge < -0.3 is 5.11 Å². The van der Waals surface area contributed by atoms with Crippen molar-refractivity contribution in [2.75, 3.05) is 0 Å². The van der Waals surface area contributed by atoms with E-state index in [1.165, 1.54) is 12.3 Å². The molecule has 0 spiro atoms. The first kappa shape index (κ1) is 14.3. The highest BCUT2D eigenvalue weighted by atomic mass is 35.5. The monoisotopic (exact) mass is 305 g/mol. The Morgan fingerprint density at radius 3 is 2.65 bits per heavy atom. The number of carbonyl (C=O) groups is 1. The van der Waals surface area contributed by atoms with Crippen molar-refractivity contribution in [1.82, 2.24) is 15.0 Å². The number of aliphatic carboxylic acids is 1. The number of carboxylic acids is 1. The van der Waals surface area contributed by atoms with E-state index in [9.17, 15) is 18.0 Å². The van der Waals surface area contributed by atoms with Crippen molar-refractivity contribution in [3.8, 4) is 5.69 Å². The molecule has 0 saturated heterocycles. The Labute approximate surface area is 115 Å². The molecule has 2 rings (SSSR count). The Kier molecular flexibility index (Phi) is 3.67. The molecule has 1 heterocycles. The molecule has 0 aliphatic rings. The fourth-order valence-corrected chi connectivity index (χ4v) is 1.76. The highest BCUT2D eigenvalue weighted by Gasteiger charge is 2.31. The van der Waals surface area contributed by atoms with Crippen molar-refractivity contribution in [3.63, 3.8) is 0 Å². The van der Waals surface area contributed by atoms with E-state index in [4.69, 9.17) is 16.7 Å². The second kappa shape index (κ2) is 5.12. The lowest BCUT2D eigenvalue weighted by atomic mass is 10.2. The summed E-state index contributed by atoms with van der Waals surface area (Å²) in [4.78, 5) is 10.5. The summed E-state index contributed by atoms with van der Waals surface area (Å²) in [5, 5.41) is 15.6. The van der Waals surface area contributed by atoms with E-state index in [1.54, 1.807) is 0 Å².